The van der Waals surface area contributed by atoms with Crippen molar-refractivity contribution < 1.29 is 80.4 Å². The molecule has 20 heteroatoms. The van der Waals surface area contributed by atoms with E-state index in [1.54, 1.807) is 46.2 Å². The predicted octanol–water partition coefficient (Wildman–Crippen LogP) is 19.2. The van der Waals surface area contributed by atoms with Gasteiger partial charge in [0.1, 0.15) is 29.8 Å². The maximum atomic E-state index is 4.95. The Bertz CT molecular complexity index is 5010. The van der Waals surface area contributed by atoms with E-state index in [2.05, 4.69) is 237 Å². The first-order valence-corrected chi connectivity index (χ1v) is 34.5. The third kappa shape index (κ3) is 18.4. The van der Waals surface area contributed by atoms with E-state index in [1.807, 2.05) is 132 Å². The topological polar surface area (TPSA) is 138 Å². The van der Waals surface area contributed by atoms with Crippen LogP contribution in [0.2, 0.25) is 0 Å². The maximum Gasteiger partial charge on any atom is 0.163 e. The summed E-state index contributed by atoms with van der Waals surface area (Å²) in [5.41, 5.74) is 23.4. The number of benzene rings is 9. The molecule has 542 valence electrons. The molecular formula is C86H77Ir4N15S-4. The van der Waals surface area contributed by atoms with Crippen molar-refractivity contribution in [3.63, 3.8) is 0 Å². The molecule has 15 nitrogen and oxygen atoms in total. The molecule has 0 bridgehead atoms. The summed E-state index contributed by atoms with van der Waals surface area (Å²) in [7, 11) is 0. The van der Waals surface area contributed by atoms with Gasteiger partial charge >= 0.3 is 0 Å². The molecule has 0 saturated heterocycles. The van der Waals surface area contributed by atoms with Crippen LogP contribution >= 0.6 is 11.8 Å². The quantitative estimate of drug-likeness (QED) is 0.103. The zero-order valence-corrected chi connectivity index (χ0v) is 71.0. The zero-order valence-electron chi connectivity index (χ0n) is 60.6. The molecule has 0 aliphatic rings. The van der Waals surface area contributed by atoms with Gasteiger partial charge in [-0.15, -0.1) is 144 Å². The second-order valence-electron chi connectivity index (χ2n) is 25.4. The van der Waals surface area contributed by atoms with E-state index in [0.29, 0.717) is 0 Å². The Morgan fingerprint density at radius 3 is 1.02 bits per heavy atom. The van der Waals surface area contributed by atoms with Crippen LogP contribution in [0.15, 0.2) is 260 Å². The Morgan fingerprint density at radius 2 is 0.679 bits per heavy atom. The molecule has 0 amide bonds. The Kier molecular flexibility index (Phi) is 27.7. The molecule has 16 aromatic rings. The second kappa shape index (κ2) is 36.6. The number of aryl methyl sites for hydroxylation is 12. The van der Waals surface area contributed by atoms with E-state index in [-0.39, 0.29) is 80.4 Å². The van der Waals surface area contributed by atoms with E-state index in [9.17, 15) is 0 Å². The molecule has 0 saturated carbocycles. The van der Waals surface area contributed by atoms with Crippen molar-refractivity contribution in [3.05, 3.63) is 342 Å². The fraction of sp³-hybridized carbons (Fsp3) is 0.140. The Morgan fingerprint density at radius 1 is 0.321 bits per heavy atom. The summed E-state index contributed by atoms with van der Waals surface area (Å²) in [6.45, 7) is 25.7. The van der Waals surface area contributed by atoms with Crippen LogP contribution in [-0.2, 0) is 80.4 Å². The summed E-state index contributed by atoms with van der Waals surface area (Å²) in [4.78, 5) is 28.8. The molecule has 0 spiro atoms. The van der Waals surface area contributed by atoms with Crippen molar-refractivity contribution in [1.29, 1.82) is 0 Å². The Labute approximate surface area is 678 Å². The van der Waals surface area contributed by atoms with Crippen LogP contribution in [-0.4, -0.2) is 72.3 Å². The van der Waals surface area contributed by atoms with Crippen LogP contribution in [0.4, 0.5) is 0 Å². The molecule has 0 aliphatic heterocycles. The number of nitrogens with zero attached hydrogens (tertiary/aromatic N) is 15. The van der Waals surface area contributed by atoms with Gasteiger partial charge in [-0.25, -0.2) is 19.3 Å². The molecule has 0 aliphatic carbocycles. The fourth-order valence-electron chi connectivity index (χ4n) is 13.4. The summed E-state index contributed by atoms with van der Waals surface area (Å²) in [5, 5.41) is 9.50. The number of imidazole rings is 5. The zero-order chi connectivity index (χ0) is 71.0. The Balaban J connectivity index is 0.000000162. The van der Waals surface area contributed by atoms with Crippen LogP contribution in [0, 0.1) is 107 Å². The van der Waals surface area contributed by atoms with Gasteiger partial charge in [0.05, 0.1) is 23.3 Å². The fourth-order valence-corrected chi connectivity index (χ4v) is 14.2. The minimum atomic E-state index is 0. The van der Waals surface area contributed by atoms with Gasteiger partial charge in [-0.1, -0.05) is 101 Å². The van der Waals surface area contributed by atoms with Crippen molar-refractivity contribution in [2.45, 2.75) is 93.0 Å². The summed E-state index contributed by atoms with van der Waals surface area (Å²) >= 11 is 1.68. The largest absolute Gasteiger partial charge is 0.338 e. The molecule has 0 atom stereocenters. The molecule has 0 N–H and O–H groups in total. The third-order valence-corrected chi connectivity index (χ3v) is 18.1. The maximum absolute atomic E-state index is 4.95. The number of rotatable bonds is 13. The first kappa shape index (κ1) is 80.4. The number of hydrogen-bond acceptors (Lipinski definition) is 9. The van der Waals surface area contributed by atoms with Crippen LogP contribution in [0.5, 0.6) is 0 Å². The van der Waals surface area contributed by atoms with Crippen molar-refractivity contribution in [2.24, 2.45) is 0 Å². The minimum Gasteiger partial charge on any atom is -0.338 e. The first-order valence-electron chi connectivity index (χ1n) is 33.7. The van der Waals surface area contributed by atoms with Gasteiger partial charge in [0.25, 0.3) is 0 Å². The van der Waals surface area contributed by atoms with Crippen LogP contribution in [0.25, 0.3) is 85.8 Å². The summed E-state index contributed by atoms with van der Waals surface area (Å²) in [6.07, 6.45) is 20.5. The molecule has 9 aromatic carbocycles. The van der Waals surface area contributed by atoms with Gasteiger partial charge in [0.15, 0.2) is 11.6 Å². The van der Waals surface area contributed by atoms with Gasteiger partial charge in [-0.3, -0.25) is 24.5 Å². The monoisotopic (exact) mass is 2120 g/mol. The van der Waals surface area contributed by atoms with Gasteiger partial charge < -0.3 is 18.3 Å². The van der Waals surface area contributed by atoms with Gasteiger partial charge in [0, 0.05) is 158 Å². The first-order chi connectivity index (χ1) is 49.5. The van der Waals surface area contributed by atoms with Gasteiger partial charge in [-0.2, -0.15) is 10.2 Å². The summed E-state index contributed by atoms with van der Waals surface area (Å²) in [5.74, 6) is 5.84. The van der Waals surface area contributed by atoms with Crippen molar-refractivity contribution >= 4 is 11.8 Å². The van der Waals surface area contributed by atoms with Crippen LogP contribution < -0.4 is 0 Å². The third-order valence-electron chi connectivity index (χ3n) is 17.2. The molecule has 7 heterocycles. The van der Waals surface area contributed by atoms with E-state index in [4.69, 9.17) is 19.9 Å². The summed E-state index contributed by atoms with van der Waals surface area (Å²) < 4.78 is 14.0. The standard InChI is InChI=1S/C24H21N2S.2C21H19N4.C20H18N5.4Ir/c1-17-14-18(2)23(19(3)15-17)26-16-22(27-21-12-8-5-9-13-21)25-24(26)20-10-6-4-7-11-20;1-15-12-16(2)20(17(3)13-15)24-14-19(25-11-7-10-22-25)23-21(24)18-8-5-4-6-9-18;1-15-11-16(2)20(17(3)12-15)25-13-19(24-10-9-22-14-24)23-21(25)18-7-5-4-6-8-18;1-14-9-15(2)19(16(3)10-14)24-11-18(25-13-21-12-22-25)23-20(24)17-7-5-4-6-8-17;;;;/h4-10,12-16H,1-3H3;4-8,10-14H,1-3H3;4-7,9-14H,1-3H3;4-7,9-13H,1-3H3;;;;/q4*-1;;;;. The predicted molar refractivity (Wildman–Crippen MR) is 408 cm³/mol. The Hall–Kier alpha value is -9.67. The summed E-state index contributed by atoms with van der Waals surface area (Å²) in [6, 6.07) is 74.8. The van der Waals surface area contributed by atoms with E-state index in [0.717, 1.165) is 85.1 Å². The number of aromatic nitrogens is 15. The molecular weight excluding hydrogens is 2040 g/mol. The normalized spacial score (nSPS) is 10.6. The van der Waals surface area contributed by atoms with Gasteiger partial charge in [-0.05, 0) is 146 Å². The SMILES string of the molecule is Cc1cc(C)c(-n2cc(-n3cccn3)nc2-c2[c-]cccc2)c(C)c1.Cc1cc(C)c(-n2cc(-n3ccnc3)nc2-c2[c-]cccc2)c(C)c1.Cc1cc(C)c(-n2cc(-n3cncn3)nc2-c2[c-]cccc2)c(C)c1.Cc1cc(C)c(-n2cc(Sc3ccccc3)nc2-c2[c-]cccc2)c(C)c1.[Ir].[Ir].[Ir].[Ir]. The average Bonchev–Trinajstić information content (AvgIpc) is 1.66. The van der Waals surface area contributed by atoms with Crippen molar-refractivity contribution in [1.82, 2.24) is 72.3 Å². The molecule has 0 unspecified atom stereocenters. The van der Waals surface area contributed by atoms with Crippen molar-refractivity contribution in [2.75, 3.05) is 0 Å². The van der Waals surface area contributed by atoms with Gasteiger partial charge in [0.2, 0.25) is 0 Å². The average molecular weight is 2120 g/mol. The smallest absolute Gasteiger partial charge is 0.163 e. The second-order valence-corrected chi connectivity index (χ2v) is 26.5. The molecule has 16 rings (SSSR count). The molecule has 7 aromatic heterocycles. The minimum absolute atomic E-state index is 0. The van der Waals surface area contributed by atoms with Crippen LogP contribution in [0.1, 0.15) is 66.8 Å². The molecule has 106 heavy (non-hydrogen) atoms. The number of hydrogen-bond donors (Lipinski definition) is 0. The molecule has 4 radical (unpaired) electrons. The van der Waals surface area contributed by atoms with E-state index in [1.165, 1.54) is 83.7 Å². The van der Waals surface area contributed by atoms with E-state index < -0.39 is 0 Å². The van der Waals surface area contributed by atoms with Crippen molar-refractivity contribution in [3.8, 4) is 85.8 Å². The van der Waals surface area contributed by atoms with E-state index >= 15 is 0 Å². The molecule has 0 fully saturated rings. The van der Waals surface area contributed by atoms with Crippen LogP contribution in [0.3, 0.4) is 0 Å².